The van der Waals surface area contributed by atoms with Crippen molar-refractivity contribution < 1.29 is 5.11 Å². The van der Waals surface area contributed by atoms with E-state index >= 15 is 0 Å². The van der Waals surface area contributed by atoms with Gasteiger partial charge in [-0.1, -0.05) is 12.8 Å². The molecule has 0 spiro atoms. The van der Waals surface area contributed by atoms with Crippen LogP contribution in [0.15, 0.2) is 0 Å². The Morgan fingerprint density at radius 1 is 1.16 bits per heavy atom. The third-order valence-corrected chi connectivity index (χ3v) is 6.21. The summed E-state index contributed by atoms with van der Waals surface area (Å²) in [6, 6.07) is 1.67. The summed E-state index contributed by atoms with van der Waals surface area (Å²) in [6.45, 7) is 13.4. The van der Waals surface area contributed by atoms with E-state index in [1.165, 1.54) is 42.6 Å². The summed E-state index contributed by atoms with van der Waals surface area (Å²) >= 11 is 0. The zero-order valence-corrected chi connectivity index (χ0v) is 16.5. The molecule has 0 unspecified atom stereocenters. The summed E-state index contributed by atoms with van der Waals surface area (Å²) in [6.07, 6.45) is 6.35. The minimum Gasteiger partial charge on any atom is -0.396 e. The zero-order valence-electron chi connectivity index (χ0n) is 16.5. The molecule has 1 atom stereocenters. The lowest BCUT2D eigenvalue weighted by Gasteiger charge is -2.44. The van der Waals surface area contributed by atoms with Crippen LogP contribution in [-0.2, 0) is 6.54 Å². The van der Waals surface area contributed by atoms with Gasteiger partial charge in [0.1, 0.15) is 0 Å². The molecule has 1 aromatic rings. The van der Waals surface area contributed by atoms with E-state index in [1.54, 1.807) is 0 Å². The van der Waals surface area contributed by atoms with E-state index in [-0.39, 0.29) is 0 Å². The number of aromatic nitrogens is 2. The number of rotatable bonds is 6. The standard InChI is InChI=1S/C20H36N4O/c1-15(2)24-17(4)20(16(3)21-24)14-22-10-11-23(18-7-5-6-8-18)19(13-22)9-12-25/h15,18-19,25H,5-14H2,1-4H3/t19-/m0/s1. The van der Waals surface area contributed by atoms with Crippen LogP contribution in [0.3, 0.4) is 0 Å². The van der Waals surface area contributed by atoms with E-state index < -0.39 is 0 Å². The summed E-state index contributed by atoms with van der Waals surface area (Å²) in [4.78, 5) is 5.28. The lowest BCUT2D eigenvalue weighted by molar-refractivity contribution is 0.0266. The molecule has 0 amide bonds. The SMILES string of the molecule is Cc1nn(C(C)C)c(C)c1CN1CCN(C2CCCC2)[C@@H](CCO)C1. The highest BCUT2D eigenvalue weighted by molar-refractivity contribution is 5.25. The molecule has 1 saturated carbocycles. The molecule has 3 rings (SSSR count). The molecule has 1 aliphatic carbocycles. The fourth-order valence-corrected chi connectivity index (χ4v) is 4.85. The molecule has 5 nitrogen and oxygen atoms in total. The van der Waals surface area contributed by atoms with Gasteiger partial charge in [-0.15, -0.1) is 0 Å². The van der Waals surface area contributed by atoms with Gasteiger partial charge in [0.2, 0.25) is 0 Å². The quantitative estimate of drug-likeness (QED) is 0.858. The Hall–Kier alpha value is -0.910. The number of aryl methyl sites for hydroxylation is 1. The first-order chi connectivity index (χ1) is 12.0. The van der Waals surface area contributed by atoms with Crippen molar-refractivity contribution in [2.75, 3.05) is 26.2 Å². The van der Waals surface area contributed by atoms with Gasteiger partial charge in [-0.3, -0.25) is 14.5 Å². The van der Waals surface area contributed by atoms with Crippen molar-refractivity contribution in [3.8, 4) is 0 Å². The molecule has 2 fully saturated rings. The predicted molar refractivity (Wildman–Crippen MR) is 102 cm³/mol. The van der Waals surface area contributed by atoms with Crippen molar-refractivity contribution in [1.29, 1.82) is 0 Å². The normalized spacial score (nSPS) is 23.8. The van der Waals surface area contributed by atoms with E-state index in [0.717, 1.165) is 38.6 Å². The van der Waals surface area contributed by atoms with Crippen molar-refractivity contribution in [3.05, 3.63) is 17.0 Å². The average molecular weight is 349 g/mol. The minimum absolute atomic E-state index is 0.297. The first kappa shape index (κ1) is 18.9. The lowest BCUT2D eigenvalue weighted by atomic mass is 10.0. The molecule has 0 aromatic carbocycles. The fourth-order valence-electron chi connectivity index (χ4n) is 4.85. The van der Waals surface area contributed by atoms with E-state index in [9.17, 15) is 5.11 Å². The van der Waals surface area contributed by atoms with Gasteiger partial charge in [-0.2, -0.15) is 5.10 Å². The second-order valence-corrected chi connectivity index (χ2v) is 8.27. The number of nitrogens with zero attached hydrogens (tertiary/aromatic N) is 4. The van der Waals surface area contributed by atoms with Gasteiger partial charge in [0, 0.05) is 62.2 Å². The third kappa shape index (κ3) is 4.09. The van der Waals surface area contributed by atoms with E-state index in [4.69, 9.17) is 5.10 Å². The molecule has 1 saturated heterocycles. The van der Waals surface area contributed by atoms with Crippen LogP contribution in [0.4, 0.5) is 0 Å². The van der Waals surface area contributed by atoms with Gasteiger partial charge in [0.25, 0.3) is 0 Å². The maximum atomic E-state index is 9.55. The Bertz CT molecular complexity index is 562. The maximum absolute atomic E-state index is 9.55. The highest BCUT2D eigenvalue weighted by Crippen LogP contribution is 2.29. The van der Waals surface area contributed by atoms with Crippen LogP contribution in [0.1, 0.15) is 68.9 Å². The zero-order chi connectivity index (χ0) is 18.0. The second kappa shape index (κ2) is 8.19. The Labute approximate surface area is 153 Å². The van der Waals surface area contributed by atoms with Crippen LogP contribution < -0.4 is 0 Å². The predicted octanol–water partition coefficient (Wildman–Crippen LogP) is 2.89. The Morgan fingerprint density at radius 2 is 1.88 bits per heavy atom. The lowest BCUT2D eigenvalue weighted by Crippen LogP contribution is -2.56. The van der Waals surface area contributed by atoms with Crippen LogP contribution in [-0.4, -0.2) is 63.0 Å². The molecule has 2 aliphatic rings. The fraction of sp³-hybridized carbons (Fsp3) is 0.850. The summed E-state index contributed by atoms with van der Waals surface area (Å²) in [7, 11) is 0. The molecular weight excluding hydrogens is 312 g/mol. The Kier molecular flexibility index (Phi) is 6.18. The minimum atomic E-state index is 0.297. The Balaban J connectivity index is 1.68. The number of aliphatic hydroxyl groups excluding tert-OH is 1. The van der Waals surface area contributed by atoms with Crippen molar-refractivity contribution >= 4 is 0 Å². The highest BCUT2D eigenvalue weighted by Gasteiger charge is 2.33. The van der Waals surface area contributed by atoms with Gasteiger partial charge in [-0.25, -0.2) is 0 Å². The summed E-state index contributed by atoms with van der Waals surface area (Å²) in [5.41, 5.74) is 3.87. The average Bonchev–Trinajstić information content (AvgIpc) is 3.19. The molecule has 2 heterocycles. The van der Waals surface area contributed by atoms with Crippen molar-refractivity contribution in [2.45, 2.75) is 84.5 Å². The number of hydrogen-bond donors (Lipinski definition) is 1. The van der Waals surface area contributed by atoms with E-state index in [0.29, 0.717) is 18.7 Å². The van der Waals surface area contributed by atoms with Crippen molar-refractivity contribution in [2.24, 2.45) is 0 Å². The number of hydrogen-bond acceptors (Lipinski definition) is 4. The molecular formula is C20H36N4O. The summed E-state index contributed by atoms with van der Waals surface area (Å²) < 4.78 is 2.16. The topological polar surface area (TPSA) is 44.5 Å². The molecule has 1 aliphatic heterocycles. The molecule has 25 heavy (non-hydrogen) atoms. The highest BCUT2D eigenvalue weighted by atomic mass is 16.3. The third-order valence-electron chi connectivity index (χ3n) is 6.21. The molecule has 5 heteroatoms. The van der Waals surface area contributed by atoms with E-state index in [2.05, 4.69) is 42.2 Å². The maximum Gasteiger partial charge on any atom is 0.0641 e. The second-order valence-electron chi connectivity index (χ2n) is 8.27. The monoisotopic (exact) mass is 348 g/mol. The number of piperazine rings is 1. The van der Waals surface area contributed by atoms with E-state index in [1.807, 2.05) is 0 Å². The van der Waals surface area contributed by atoms with Crippen LogP contribution in [0, 0.1) is 13.8 Å². The van der Waals surface area contributed by atoms with Gasteiger partial charge in [0.15, 0.2) is 0 Å². The summed E-state index contributed by atoms with van der Waals surface area (Å²) in [5, 5.41) is 14.3. The molecule has 0 radical (unpaired) electrons. The molecule has 1 aromatic heterocycles. The van der Waals surface area contributed by atoms with Gasteiger partial charge < -0.3 is 5.11 Å². The first-order valence-electron chi connectivity index (χ1n) is 10.1. The first-order valence-corrected chi connectivity index (χ1v) is 10.1. The summed E-state index contributed by atoms with van der Waals surface area (Å²) in [5.74, 6) is 0. The van der Waals surface area contributed by atoms with Crippen molar-refractivity contribution in [1.82, 2.24) is 19.6 Å². The van der Waals surface area contributed by atoms with Gasteiger partial charge in [0.05, 0.1) is 5.69 Å². The molecule has 1 N–H and O–H groups in total. The smallest absolute Gasteiger partial charge is 0.0641 e. The van der Waals surface area contributed by atoms with Crippen LogP contribution >= 0.6 is 0 Å². The van der Waals surface area contributed by atoms with Gasteiger partial charge >= 0.3 is 0 Å². The van der Waals surface area contributed by atoms with Gasteiger partial charge in [-0.05, 0) is 47.0 Å². The molecule has 142 valence electrons. The van der Waals surface area contributed by atoms with Crippen molar-refractivity contribution in [3.63, 3.8) is 0 Å². The van der Waals surface area contributed by atoms with Crippen LogP contribution in [0.2, 0.25) is 0 Å². The largest absolute Gasteiger partial charge is 0.396 e. The number of aliphatic hydroxyl groups is 1. The van der Waals surface area contributed by atoms with Crippen LogP contribution in [0.25, 0.3) is 0 Å². The molecule has 0 bridgehead atoms. The Morgan fingerprint density at radius 3 is 2.48 bits per heavy atom. The van der Waals surface area contributed by atoms with Crippen LogP contribution in [0.5, 0.6) is 0 Å².